The first kappa shape index (κ1) is 14.1. The van der Waals surface area contributed by atoms with Crippen LogP contribution in [0.25, 0.3) is 0 Å². The molecule has 1 amide bonds. The summed E-state index contributed by atoms with van der Waals surface area (Å²) in [4.78, 5) is 27.3. The second-order valence-corrected chi connectivity index (χ2v) is 4.34. The second kappa shape index (κ2) is 6.09. The Morgan fingerprint density at radius 3 is 2.56 bits per heavy atom. The Morgan fingerprint density at radius 2 is 2.11 bits per heavy atom. The van der Waals surface area contributed by atoms with Crippen molar-refractivity contribution in [3.63, 3.8) is 0 Å². The van der Waals surface area contributed by atoms with Crippen LogP contribution in [0.3, 0.4) is 0 Å². The van der Waals surface area contributed by atoms with Gasteiger partial charge in [-0.3, -0.25) is 9.59 Å². The highest BCUT2D eigenvalue weighted by Gasteiger charge is 2.19. The standard InChI is InChI=1S/C12H15FN2O3/c1-8(2)6-15(7-11(16)17)12(18)9-3-4-10(13)14-5-9/h3-5,8H,6-7H2,1-2H3,(H,16,17). The Hall–Kier alpha value is -1.98. The molecule has 1 heterocycles. The van der Waals surface area contributed by atoms with Crippen molar-refractivity contribution in [3.8, 4) is 0 Å². The summed E-state index contributed by atoms with van der Waals surface area (Å²) in [6.45, 7) is 3.70. The van der Waals surface area contributed by atoms with E-state index >= 15 is 0 Å². The van der Waals surface area contributed by atoms with Crippen LogP contribution in [0.5, 0.6) is 0 Å². The molecule has 0 saturated heterocycles. The number of carbonyl (C=O) groups is 2. The molecule has 18 heavy (non-hydrogen) atoms. The van der Waals surface area contributed by atoms with E-state index in [0.29, 0.717) is 6.54 Å². The largest absolute Gasteiger partial charge is 0.480 e. The monoisotopic (exact) mass is 254 g/mol. The summed E-state index contributed by atoms with van der Waals surface area (Å²) in [7, 11) is 0. The summed E-state index contributed by atoms with van der Waals surface area (Å²) in [5.74, 6) is -2.08. The van der Waals surface area contributed by atoms with Crippen LogP contribution in [0.4, 0.5) is 4.39 Å². The van der Waals surface area contributed by atoms with Crippen LogP contribution in [0.1, 0.15) is 24.2 Å². The molecule has 0 aliphatic rings. The van der Waals surface area contributed by atoms with Gasteiger partial charge in [0.1, 0.15) is 6.54 Å². The zero-order valence-corrected chi connectivity index (χ0v) is 10.3. The summed E-state index contributed by atoms with van der Waals surface area (Å²) >= 11 is 0. The predicted molar refractivity (Wildman–Crippen MR) is 62.6 cm³/mol. The Kier molecular flexibility index (Phi) is 4.76. The van der Waals surface area contributed by atoms with Gasteiger partial charge in [0.25, 0.3) is 5.91 Å². The molecule has 0 aliphatic heterocycles. The molecule has 0 spiro atoms. The zero-order chi connectivity index (χ0) is 13.7. The maximum Gasteiger partial charge on any atom is 0.323 e. The molecular weight excluding hydrogens is 239 g/mol. The molecule has 0 bridgehead atoms. The highest BCUT2D eigenvalue weighted by Crippen LogP contribution is 2.07. The van der Waals surface area contributed by atoms with E-state index in [4.69, 9.17) is 5.11 Å². The first-order valence-electron chi connectivity index (χ1n) is 5.52. The molecule has 98 valence electrons. The average molecular weight is 254 g/mol. The molecule has 0 saturated carbocycles. The third-order valence-electron chi connectivity index (χ3n) is 2.17. The average Bonchev–Trinajstić information content (AvgIpc) is 2.27. The zero-order valence-electron chi connectivity index (χ0n) is 10.3. The summed E-state index contributed by atoms with van der Waals surface area (Å²) in [5, 5.41) is 8.77. The Bertz CT molecular complexity index is 431. The summed E-state index contributed by atoms with van der Waals surface area (Å²) in [6, 6.07) is 2.36. The number of aliphatic carboxylic acids is 1. The van der Waals surface area contributed by atoms with E-state index < -0.39 is 17.8 Å². The first-order chi connectivity index (χ1) is 8.40. The fourth-order valence-corrected chi connectivity index (χ4v) is 1.51. The van der Waals surface area contributed by atoms with Gasteiger partial charge >= 0.3 is 5.97 Å². The van der Waals surface area contributed by atoms with Crippen molar-refractivity contribution < 1.29 is 19.1 Å². The van der Waals surface area contributed by atoms with Gasteiger partial charge in [-0.15, -0.1) is 0 Å². The van der Waals surface area contributed by atoms with E-state index in [2.05, 4.69) is 4.98 Å². The number of nitrogens with zero attached hydrogens (tertiary/aromatic N) is 2. The lowest BCUT2D eigenvalue weighted by Gasteiger charge is -2.22. The molecule has 1 aromatic rings. The number of pyridine rings is 1. The Morgan fingerprint density at radius 1 is 1.44 bits per heavy atom. The maximum atomic E-state index is 12.6. The molecule has 1 aromatic heterocycles. The number of carboxylic acids is 1. The van der Waals surface area contributed by atoms with E-state index in [-0.39, 0.29) is 18.0 Å². The number of hydrogen-bond donors (Lipinski definition) is 1. The lowest BCUT2D eigenvalue weighted by atomic mass is 10.1. The van der Waals surface area contributed by atoms with Gasteiger partial charge in [-0.1, -0.05) is 13.8 Å². The van der Waals surface area contributed by atoms with Crippen LogP contribution in [-0.2, 0) is 4.79 Å². The molecule has 0 aliphatic carbocycles. The van der Waals surface area contributed by atoms with Crippen LogP contribution in [0.2, 0.25) is 0 Å². The van der Waals surface area contributed by atoms with Crippen molar-refractivity contribution in [2.75, 3.05) is 13.1 Å². The van der Waals surface area contributed by atoms with Crippen LogP contribution < -0.4 is 0 Å². The van der Waals surface area contributed by atoms with E-state index in [1.807, 2.05) is 13.8 Å². The molecule has 0 unspecified atom stereocenters. The SMILES string of the molecule is CC(C)CN(CC(=O)O)C(=O)c1ccc(F)nc1. The minimum absolute atomic E-state index is 0.140. The lowest BCUT2D eigenvalue weighted by molar-refractivity contribution is -0.137. The third kappa shape index (κ3) is 4.12. The van der Waals surface area contributed by atoms with Crippen molar-refractivity contribution in [1.29, 1.82) is 0 Å². The van der Waals surface area contributed by atoms with Crippen molar-refractivity contribution in [2.45, 2.75) is 13.8 Å². The van der Waals surface area contributed by atoms with Gasteiger partial charge in [0.2, 0.25) is 5.95 Å². The molecule has 1 rings (SSSR count). The highest BCUT2D eigenvalue weighted by molar-refractivity contribution is 5.95. The normalized spacial score (nSPS) is 10.4. The number of hydrogen-bond acceptors (Lipinski definition) is 3. The Labute approximate surface area is 104 Å². The molecule has 0 radical (unpaired) electrons. The quantitative estimate of drug-likeness (QED) is 0.806. The smallest absolute Gasteiger partial charge is 0.323 e. The summed E-state index contributed by atoms with van der Waals surface area (Å²) < 4.78 is 12.6. The number of rotatable bonds is 5. The Balaban J connectivity index is 2.87. The molecule has 0 atom stereocenters. The van der Waals surface area contributed by atoms with Gasteiger partial charge in [0.05, 0.1) is 5.56 Å². The molecule has 0 aromatic carbocycles. The van der Waals surface area contributed by atoms with Gasteiger partial charge in [-0.25, -0.2) is 4.98 Å². The van der Waals surface area contributed by atoms with Gasteiger partial charge < -0.3 is 10.0 Å². The molecular formula is C12H15FN2O3. The van der Waals surface area contributed by atoms with Crippen molar-refractivity contribution in [3.05, 3.63) is 29.8 Å². The number of carbonyl (C=O) groups excluding carboxylic acids is 1. The van der Waals surface area contributed by atoms with Crippen molar-refractivity contribution >= 4 is 11.9 Å². The number of halogens is 1. The lowest BCUT2D eigenvalue weighted by Crippen LogP contribution is -2.38. The van der Waals surface area contributed by atoms with Crippen molar-refractivity contribution in [2.24, 2.45) is 5.92 Å². The van der Waals surface area contributed by atoms with E-state index in [1.165, 1.54) is 11.0 Å². The van der Waals surface area contributed by atoms with Gasteiger partial charge in [0.15, 0.2) is 0 Å². The second-order valence-electron chi connectivity index (χ2n) is 4.34. The minimum Gasteiger partial charge on any atom is -0.480 e. The van der Waals surface area contributed by atoms with Gasteiger partial charge in [-0.2, -0.15) is 4.39 Å². The van der Waals surface area contributed by atoms with E-state index in [0.717, 1.165) is 12.3 Å². The minimum atomic E-state index is -1.08. The number of aromatic nitrogens is 1. The third-order valence-corrected chi connectivity index (χ3v) is 2.17. The number of carboxylic acid groups (broad SMARTS) is 1. The predicted octanol–water partition coefficient (Wildman–Crippen LogP) is 1.40. The molecule has 0 fully saturated rings. The highest BCUT2D eigenvalue weighted by atomic mass is 19.1. The maximum absolute atomic E-state index is 12.6. The fraction of sp³-hybridized carbons (Fsp3) is 0.417. The van der Waals surface area contributed by atoms with Crippen LogP contribution >= 0.6 is 0 Å². The van der Waals surface area contributed by atoms with Crippen LogP contribution in [-0.4, -0.2) is 40.0 Å². The topological polar surface area (TPSA) is 70.5 Å². The van der Waals surface area contributed by atoms with Gasteiger partial charge in [-0.05, 0) is 18.1 Å². The summed E-state index contributed by atoms with van der Waals surface area (Å²) in [6.07, 6.45) is 1.10. The molecule has 1 N–H and O–H groups in total. The fourth-order valence-electron chi connectivity index (χ4n) is 1.51. The van der Waals surface area contributed by atoms with Crippen molar-refractivity contribution in [1.82, 2.24) is 9.88 Å². The van der Waals surface area contributed by atoms with Gasteiger partial charge in [0, 0.05) is 12.7 Å². The number of amides is 1. The van der Waals surface area contributed by atoms with Crippen LogP contribution in [0, 0.1) is 11.9 Å². The summed E-state index contributed by atoms with van der Waals surface area (Å²) in [5.41, 5.74) is 0.179. The van der Waals surface area contributed by atoms with E-state index in [1.54, 1.807) is 0 Å². The molecule has 5 nitrogen and oxygen atoms in total. The first-order valence-corrected chi connectivity index (χ1v) is 5.52. The van der Waals surface area contributed by atoms with Crippen LogP contribution in [0.15, 0.2) is 18.3 Å². The molecule has 6 heteroatoms. The van der Waals surface area contributed by atoms with E-state index in [9.17, 15) is 14.0 Å².